The lowest BCUT2D eigenvalue weighted by Crippen LogP contribution is -2.17. The summed E-state index contributed by atoms with van der Waals surface area (Å²) in [6, 6.07) is 16.8. The number of H-pyrrole nitrogens is 1. The maximum atomic E-state index is 6.00. The van der Waals surface area contributed by atoms with Gasteiger partial charge in [-0.3, -0.25) is 0 Å². The zero-order valence-corrected chi connectivity index (χ0v) is 12.1. The van der Waals surface area contributed by atoms with E-state index in [0.29, 0.717) is 6.04 Å². The van der Waals surface area contributed by atoms with Crippen LogP contribution in [0.1, 0.15) is 24.1 Å². The summed E-state index contributed by atoms with van der Waals surface area (Å²) in [4.78, 5) is 3.27. The Morgan fingerprint density at radius 2 is 1.95 bits per heavy atom. The van der Waals surface area contributed by atoms with Crippen LogP contribution in [-0.2, 0) is 6.54 Å². The van der Waals surface area contributed by atoms with Crippen molar-refractivity contribution in [3.05, 3.63) is 70.9 Å². The molecule has 20 heavy (non-hydrogen) atoms. The molecule has 0 aliphatic carbocycles. The van der Waals surface area contributed by atoms with Crippen molar-refractivity contribution in [1.29, 1.82) is 0 Å². The van der Waals surface area contributed by atoms with E-state index in [1.807, 2.05) is 24.4 Å². The Bertz CT molecular complexity index is 703. The second-order valence-electron chi connectivity index (χ2n) is 5.02. The fraction of sp³-hybridized carbons (Fsp3) is 0.176. The van der Waals surface area contributed by atoms with E-state index in [1.165, 1.54) is 16.5 Å². The molecule has 0 radical (unpaired) electrons. The molecule has 1 aromatic heterocycles. The van der Waals surface area contributed by atoms with Gasteiger partial charge in [-0.15, -0.1) is 0 Å². The molecule has 0 saturated heterocycles. The van der Waals surface area contributed by atoms with E-state index < -0.39 is 0 Å². The van der Waals surface area contributed by atoms with Crippen molar-refractivity contribution < 1.29 is 0 Å². The predicted octanol–water partition coefficient (Wildman–Crippen LogP) is 4.67. The van der Waals surface area contributed by atoms with Gasteiger partial charge in [0, 0.05) is 34.7 Å². The van der Waals surface area contributed by atoms with Crippen molar-refractivity contribution in [3.63, 3.8) is 0 Å². The highest BCUT2D eigenvalue weighted by Gasteiger charge is 2.07. The number of halogens is 1. The van der Waals surface area contributed by atoms with Crippen molar-refractivity contribution in [2.75, 3.05) is 0 Å². The Kier molecular flexibility index (Phi) is 3.77. The van der Waals surface area contributed by atoms with E-state index in [2.05, 4.69) is 47.6 Å². The average Bonchev–Trinajstić information content (AvgIpc) is 2.88. The number of aromatic nitrogens is 1. The van der Waals surface area contributed by atoms with Crippen LogP contribution < -0.4 is 5.32 Å². The molecular weight excluding hydrogens is 268 g/mol. The lowest BCUT2D eigenvalue weighted by atomic mass is 10.1. The molecule has 3 heteroatoms. The van der Waals surface area contributed by atoms with Gasteiger partial charge < -0.3 is 10.3 Å². The minimum absolute atomic E-state index is 0.327. The van der Waals surface area contributed by atoms with Crippen LogP contribution >= 0.6 is 11.6 Å². The number of benzene rings is 2. The Balaban J connectivity index is 1.74. The summed E-state index contributed by atoms with van der Waals surface area (Å²) in [5.74, 6) is 0. The second-order valence-corrected chi connectivity index (χ2v) is 5.45. The van der Waals surface area contributed by atoms with Gasteiger partial charge in [0.2, 0.25) is 0 Å². The quantitative estimate of drug-likeness (QED) is 0.716. The Morgan fingerprint density at radius 3 is 2.75 bits per heavy atom. The summed E-state index contributed by atoms with van der Waals surface area (Å²) in [5.41, 5.74) is 3.65. The number of rotatable bonds is 4. The molecule has 2 N–H and O–H groups in total. The van der Waals surface area contributed by atoms with Crippen LogP contribution in [0.25, 0.3) is 10.9 Å². The minimum Gasteiger partial charge on any atom is -0.361 e. The molecule has 0 amide bonds. The summed E-state index contributed by atoms with van der Waals surface area (Å²) < 4.78 is 0. The van der Waals surface area contributed by atoms with Crippen molar-refractivity contribution in [3.8, 4) is 0 Å². The molecule has 1 unspecified atom stereocenters. The van der Waals surface area contributed by atoms with Gasteiger partial charge in [-0.05, 0) is 30.2 Å². The lowest BCUT2D eigenvalue weighted by Gasteiger charge is -2.13. The number of aromatic amines is 1. The first kappa shape index (κ1) is 13.2. The van der Waals surface area contributed by atoms with Crippen molar-refractivity contribution >= 4 is 22.5 Å². The third-order valence-corrected chi connectivity index (χ3v) is 3.86. The monoisotopic (exact) mass is 284 g/mol. The smallest absolute Gasteiger partial charge is 0.0472 e. The van der Waals surface area contributed by atoms with E-state index in [-0.39, 0.29) is 0 Å². The van der Waals surface area contributed by atoms with Gasteiger partial charge in [0.1, 0.15) is 0 Å². The van der Waals surface area contributed by atoms with Crippen LogP contribution in [0.4, 0.5) is 0 Å². The molecule has 102 valence electrons. The molecule has 0 aliphatic heterocycles. The molecule has 3 aromatic rings. The van der Waals surface area contributed by atoms with Gasteiger partial charge in [-0.2, -0.15) is 0 Å². The van der Waals surface area contributed by atoms with Crippen LogP contribution in [-0.4, -0.2) is 4.98 Å². The number of fused-ring (bicyclic) bond motifs is 1. The highest BCUT2D eigenvalue weighted by Crippen LogP contribution is 2.22. The van der Waals surface area contributed by atoms with Gasteiger partial charge in [0.05, 0.1) is 0 Å². The van der Waals surface area contributed by atoms with Crippen LogP contribution in [0.3, 0.4) is 0 Å². The summed E-state index contributed by atoms with van der Waals surface area (Å²) in [5, 5.41) is 5.54. The first-order chi connectivity index (χ1) is 9.74. The third kappa shape index (κ3) is 2.72. The molecule has 0 saturated carbocycles. The second kappa shape index (κ2) is 5.70. The standard InChI is InChI=1S/C17H17ClN2/c1-12(13-5-3-2-4-6-13)19-10-14-11-20-17-9-15(18)7-8-16(14)17/h2-9,11-12,19-20H,10H2,1H3. The maximum absolute atomic E-state index is 6.00. The predicted molar refractivity (Wildman–Crippen MR) is 85.0 cm³/mol. The summed E-state index contributed by atoms with van der Waals surface area (Å²) in [7, 11) is 0. The normalized spacial score (nSPS) is 12.7. The zero-order valence-electron chi connectivity index (χ0n) is 11.4. The Hall–Kier alpha value is -1.77. The van der Waals surface area contributed by atoms with Crippen molar-refractivity contribution in [1.82, 2.24) is 10.3 Å². The van der Waals surface area contributed by atoms with E-state index in [0.717, 1.165) is 17.1 Å². The van der Waals surface area contributed by atoms with Crippen LogP contribution in [0.2, 0.25) is 5.02 Å². The molecule has 2 nitrogen and oxygen atoms in total. The molecule has 0 spiro atoms. The average molecular weight is 285 g/mol. The Morgan fingerprint density at radius 1 is 1.15 bits per heavy atom. The third-order valence-electron chi connectivity index (χ3n) is 3.63. The maximum Gasteiger partial charge on any atom is 0.0472 e. The summed E-state index contributed by atoms with van der Waals surface area (Å²) >= 11 is 6.00. The molecule has 1 atom stereocenters. The Labute approximate surface area is 123 Å². The van der Waals surface area contributed by atoms with Crippen LogP contribution in [0, 0.1) is 0 Å². The first-order valence-electron chi connectivity index (χ1n) is 6.78. The van der Waals surface area contributed by atoms with Gasteiger partial charge in [0.15, 0.2) is 0 Å². The van der Waals surface area contributed by atoms with E-state index in [4.69, 9.17) is 11.6 Å². The van der Waals surface area contributed by atoms with E-state index >= 15 is 0 Å². The minimum atomic E-state index is 0.327. The van der Waals surface area contributed by atoms with Gasteiger partial charge in [0.25, 0.3) is 0 Å². The molecule has 1 heterocycles. The lowest BCUT2D eigenvalue weighted by molar-refractivity contribution is 0.576. The highest BCUT2D eigenvalue weighted by atomic mass is 35.5. The van der Waals surface area contributed by atoms with Crippen molar-refractivity contribution in [2.45, 2.75) is 19.5 Å². The fourth-order valence-corrected chi connectivity index (χ4v) is 2.60. The van der Waals surface area contributed by atoms with Crippen molar-refractivity contribution in [2.24, 2.45) is 0 Å². The summed E-state index contributed by atoms with van der Waals surface area (Å²) in [6.07, 6.45) is 2.05. The molecule has 0 fully saturated rings. The highest BCUT2D eigenvalue weighted by molar-refractivity contribution is 6.31. The first-order valence-corrected chi connectivity index (χ1v) is 7.15. The number of hydrogen-bond donors (Lipinski definition) is 2. The molecule has 2 aromatic carbocycles. The molecular formula is C17H17ClN2. The topological polar surface area (TPSA) is 27.8 Å². The molecule has 0 aliphatic rings. The fourth-order valence-electron chi connectivity index (χ4n) is 2.43. The van der Waals surface area contributed by atoms with E-state index in [9.17, 15) is 0 Å². The van der Waals surface area contributed by atoms with E-state index in [1.54, 1.807) is 0 Å². The zero-order chi connectivity index (χ0) is 13.9. The SMILES string of the molecule is CC(NCc1c[nH]c2cc(Cl)ccc12)c1ccccc1. The largest absolute Gasteiger partial charge is 0.361 e. The molecule has 0 bridgehead atoms. The summed E-state index contributed by atoms with van der Waals surface area (Å²) in [6.45, 7) is 3.01. The van der Waals surface area contributed by atoms with Gasteiger partial charge >= 0.3 is 0 Å². The molecule has 3 rings (SSSR count). The number of nitrogens with one attached hydrogen (secondary N) is 2. The van der Waals surface area contributed by atoms with Gasteiger partial charge in [-0.1, -0.05) is 48.0 Å². The van der Waals surface area contributed by atoms with Crippen LogP contribution in [0.5, 0.6) is 0 Å². The number of hydrogen-bond acceptors (Lipinski definition) is 1. The van der Waals surface area contributed by atoms with Crippen LogP contribution in [0.15, 0.2) is 54.7 Å². The van der Waals surface area contributed by atoms with Gasteiger partial charge in [-0.25, -0.2) is 0 Å².